The molecule has 0 N–H and O–H groups in total. The molecule has 164 valence electrons. The van der Waals surface area contributed by atoms with E-state index in [4.69, 9.17) is 4.74 Å². The molecule has 1 aliphatic rings. The minimum atomic E-state index is -0.990. The molecule has 0 bridgehead atoms. The number of nitrogens with zero attached hydrogens (tertiary/aromatic N) is 1. The molecular weight excluding hydrogens is 370 g/mol. The molecule has 6 heteroatoms. The van der Waals surface area contributed by atoms with Crippen LogP contribution in [0.2, 0.25) is 0 Å². The van der Waals surface area contributed by atoms with Crippen LogP contribution in [0.25, 0.3) is 0 Å². The lowest BCUT2D eigenvalue weighted by Crippen LogP contribution is -2.32. The standard InChI is InChI=1S/C23H37NO5/c1-2-3-4-5-6-7-8-9-10-11-12-13-14-15-16-17-20-28-23(27)29-24-21(25)18-19-22(24)26/h6-7,9-10H,2-5,8,11-20H2,1H3/b7-6-,10-9-. The summed E-state index contributed by atoms with van der Waals surface area (Å²) in [6, 6.07) is 0. The SMILES string of the molecule is CCCCC/C=C\C/C=C\CCCCCCCCOC(=O)ON1C(=O)CCC1=O. The second-order valence-corrected chi connectivity index (χ2v) is 7.36. The molecule has 1 saturated heterocycles. The molecule has 0 aromatic heterocycles. The van der Waals surface area contributed by atoms with Crippen molar-refractivity contribution in [3.05, 3.63) is 24.3 Å². The van der Waals surface area contributed by atoms with E-state index in [1.54, 1.807) is 0 Å². The number of carbonyl (C=O) groups excluding carboxylic acids is 3. The fourth-order valence-corrected chi connectivity index (χ4v) is 3.00. The molecule has 0 aromatic rings. The maximum Gasteiger partial charge on any atom is 0.533 e. The molecule has 0 unspecified atom stereocenters. The van der Waals surface area contributed by atoms with Crippen molar-refractivity contribution in [2.24, 2.45) is 0 Å². The van der Waals surface area contributed by atoms with Crippen LogP contribution in [0.15, 0.2) is 24.3 Å². The third-order valence-electron chi connectivity index (χ3n) is 4.74. The topological polar surface area (TPSA) is 72.9 Å². The highest BCUT2D eigenvalue weighted by Gasteiger charge is 2.33. The summed E-state index contributed by atoms with van der Waals surface area (Å²) in [5.41, 5.74) is 0. The molecule has 1 heterocycles. The van der Waals surface area contributed by atoms with Gasteiger partial charge in [-0.25, -0.2) is 4.79 Å². The Kier molecular flexibility index (Phi) is 14.4. The number of unbranched alkanes of at least 4 members (excludes halogenated alkanes) is 9. The van der Waals surface area contributed by atoms with Gasteiger partial charge in [0.25, 0.3) is 11.8 Å². The van der Waals surface area contributed by atoms with E-state index in [2.05, 4.69) is 36.1 Å². The molecule has 2 amide bonds. The fraction of sp³-hybridized carbons (Fsp3) is 0.696. The molecule has 0 radical (unpaired) electrons. The molecule has 0 spiro atoms. The van der Waals surface area contributed by atoms with Gasteiger partial charge in [-0.15, -0.1) is 0 Å². The van der Waals surface area contributed by atoms with Gasteiger partial charge in [0.05, 0.1) is 6.61 Å². The number of rotatable bonds is 16. The minimum absolute atomic E-state index is 0.0814. The van der Waals surface area contributed by atoms with E-state index in [1.165, 1.54) is 44.9 Å². The Morgan fingerprint density at radius 1 is 0.828 bits per heavy atom. The maximum absolute atomic E-state index is 11.4. The predicted molar refractivity (Wildman–Crippen MR) is 113 cm³/mol. The minimum Gasteiger partial charge on any atom is -0.433 e. The summed E-state index contributed by atoms with van der Waals surface area (Å²) in [5.74, 6) is -0.999. The molecule has 1 aliphatic heterocycles. The van der Waals surface area contributed by atoms with Crippen LogP contribution in [-0.4, -0.2) is 29.6 Å². The van der Waals surface area contributed by atoms with Crippen molar-refractivity contribution in [1.29, 1.82) is 0 Å². The third-order valence-corrected chi connectivity index (χ3v) is 4.74. The Balaban J connectivity index is 1.85. The van der Waals surface area contributed by atoms with Crippen molar-refractivity contribution < 1.29 is 24.0 Å². The smallest absolute Gasteiger partial charge is 0.433 e. The van der Waals surface area contributed by atoms with E-state index in [1.807, 2.05) is 0 Å². The van der Waals surface area contributed by atoms with E-state index >= 15 is 0 Å². The van der Waals surface area contributed by atoms with Gasteiger partial charge in [0, 0.05) is 12.8 Å². The second kappa shape index (κ2) is 16.8. The first-order chi connectivity index (χ1) is 14.1. The number of carbonyl (C=O) groups is 3. The van der Waals surface area contributed by atoms with Crippen LogP contribution in [-0.2, 0) is 19.2 Å². The number of hydrogen-bond donors (Lipinski definition) is 0. The summed E-state index contributed by atoms with van der Waals surface area (Å²) in [7, 11) is 0. The number of imide groups is 1. The number of hydrogen-bond acceptors (Lipinski definition) is 5. The summed E-state index contributed by atoms with van der Waals surface area (Å²) in [4.78, 5) is 38.7. The summed E-state index contributed by atoms with van der Waals surface area (Å²) in [6.45, 7) is 2.47. The number of amides is 2. The van der Waals surface area contributed by atoms with E-state index in [-0.39, 0.29) is 19.4 Å². The largest absolute Gasteiger partial charge is 0.533 e. The molecule has 0 saturated carbocycles. The molecule has 1 rings (SSSR count). The van der Waals surface area contributed by atoms with Crippen molar-refractivity contribution in [3.8, 4) is 0 Å². The lowest BCUT2D eigenvalue weighted by Gasteiger charge is -2.12. The van der Waals surface area contributed by atoms with Gasteiger partial charge in [0.2, 0.25) is 0 Å². The predicted octanol–water partition coefficient (Wildman–Crippen LogP) is 6.02. The van der Waals surface area contributed by atoms with Crippen molar-refractivity contribution >= 4 is 18.0 Å². The monoisotopic (exact) mass is 407 g/mol. The fourth-order valence-electron chi connectivity index (χ4n) is 3.00. The van der Waals surface area contributed by atoms with Gasteiger partial charge >= 0.3 is 6.16 Å². The van der Waals surface area contributed by atoms with Crippen LogP contribution in [0.1, 0.15) is 96.8 Å². The summed E-state index contributed by atoms with van der Waals surface area (Å²) < 4.78 is 4.90. The normalized spacial score (nSPS) is 14.4. The zero-order chi connectivity index (χ0) is 21.2. The Hall–Kier alpha value is -2.11. The molecule has 0 aliphatic carbocycles. The van der Waals surface area contributed by atoms with Gasteiger partial charge in [-0.1, -0.05) is 74.8 Å². The van der Waals surface area contributed by atoms with Crippen LogP contribution < -0.4 is 0 Å². The zero-order valence-electron chi connectivity index (χ0n) is 17.9. The van der Waals surface area contributed by atoms with Crippen LogP contribution >= 0.6 is 0 Å². The van der Waals surface area contributed by atoms with Gasteiger partial charge in [-0.2, -0.15) is 0 Å². The lowest BCUT2D eigenvalue weighted by atomic mass is 10.1. The molecule has 0 aromatic carbocycles. The number of hydroxylamine groups is 2. The van der Waals surface area contributed by atoms with E-state index in [0.717, 1.165) is 32.1 Å². The molecular formula is C23H37NO5. The van der Waals surface area contributed by atoms with E-state index in [0.29, 0.717) is 5.06 Å². The van der Waals surface area contributed by atoms with Crippen LogP contribution in [0.5, 0.6) is 0 Å². The highest BCUT2D eigenvalue weighted by atomic mass is 16.8. The van der Waals surface area contributed by atoms with Gasteiger partial charge in [-0.05, 0) is 38.5 Å². The maximum atomic E-state index is 11.4. The van der Waals surface area contributed by atoms with Crippen molar-refractivity contribution in [2.45, 2.75) is 96.8 Å². The first-order valence-corrected chi connectivity index (χ1v) is 11.2. The highest BCUT2D eigenvalue weighted by Crippen LogP contribution is 2.13. The summed E-state index contributed by atoms with van der Waals surface area (Å²) >= 11 is 0. The average Bonchev–Trinajstić information content (AvgIpc) is 3.02. The number of ether oxygens (including phenoxy) is 1. The van der Waals surface area contributed by atoms with Crippen molar-refractivity contribution in [1.82, 2.24) is 5.06 Å². The molecule has 1 fully saturated rings. The lowest BCUT2D eigenvalue weighted by molar-refractivity contribution is -0.177. The first kappa shape index (κ1) is 24.9. The summed E-state index contributed by atoms with van der Waals surface area (Å²) in [5, 5.41) is 0.501. The quantitative estimate of drug-likeness (QED) is 0.135. The Bertz CT molecular complexity index is 525. The van der Waals surface area contributed by atoms with Gasteiger partial charge in [-0.3, -0.25) is 14.4 Å². The van der Waals surface area contributed by atoms with E-state index < -0.39 is 18.0 Å². The first-order valence-electron chi connectivity index (χ1n) is 11.2. The van der Waals surface area contributed by atoms with Crippen LogP contribution in [0.3, 0.4) is 0 Å². The number of allylic oxidation sites excluding steroid dienone is 4. The average molecular weight is 408 g/mol. The summed E-state index contributed by atoms with van der Waals surface area (Å²) in [6.07, 6.45) is 21.9. The van der Waals surface area contributed by atoms with Crippen LogP contribution in [0.4, 0.5) is 4.79 Å². The zero-order valence-corrected chi connectivity index (χ0v) is 17.9. The highest BCUT2D eigenvalue weighted by molar-refractivity contribution is 6.01. The van der Waals surface area contributed by atoms with Crippen molar-refractivity contribution in [2.75, 3.05) is 6.61 Å². The second-order valence-electron chi connectivity index (χ2n) is 7.36. The van der Waals surface area contributed by atoms with Crippen molar-refractivity contribution in [3.63, 3.8) is 0 Å². The van der Waals surface area contributed by atoms with Gasteiger partial charge in [0.1, 0.15) is 0 Å². The Labute approximate surface area is 175 Å². The Morgan fingerprint density at radius 3 is 2.00 bits per heavy atom. The van der Waals surface area contributed by atoms with Gasteiger partial charge < -0.3 is 4.74 Å². The Morgan fingerprint density at radius 2 is 1.38 bits per heavy atom. The molecule has 0 atom stereocenters. The molecule has 6 nitrogen and oxygen atoms in total. The molecule has 29 heavy (non-hydrogen) atoms. The third kappa shape index (κ3) is 12.9. The van der Waals surface area contributed by atoms with Crippen LogP contribution in [0, 0.1) is 0 Å². The van der Waals surface area contributed by atoms with E-state index in [9.17, 15) is 14.4 Å². The van der Waals surface area contributed by atoms with Gasteiger partial charge in [0.15, 0.2) is 0 Å².